The molecule has 148 valence electrons. The predicted molar refractivity (Wildman–Crippen MR) is 98.9 cm³/mol. The van der Waals surface area contributed by atoms with Crippen LogP contribution in [0.1, 0.15) is 69.5 Å². The third kappa shape index (κ3) is 3.10. The van der Waals surface area contributed by atoms with Gasteiger partial charge < -0.3 is 19.3 Å². The van der Waals surface area contributed by atoms with Crippen molar-refractivity contribution in [1.82, 2.24) is 0 Å². The second-order valence-electron chi connectivity index (χ2n) is 8.00. The number of hydrogen-bond donors (Lipinski definition) is 1. The van der Waals surface area contributed by atoms with Crippen LogP contribution in [0.25, 0.3) is 0 Å². The minimum Gasteiger partial charge on any atom is -0.487 e. The van der Waals surface area contributed by atoms with Crippen LogP contribution in [-0.2, 0) is 14.3 Å². The fraction of sp³-hybridized carbons (Fsp3) is 0.619. The van der Waals surface area contributed by atoms with E-state index < -0.39 is 17.0 Å². The van der Waals surface area contributed by atoms with Gasteiger partial charge in [-0.3, -0.25) is 4.79 Å². The third-order valence-corrected chi connectivity index (χ3v) is 6.22. The minimum atomic E-state index is -0.988. The largest absolute Gasteiger partial charge is 0.487 e. The van der Waals surface area contributed by atoms with E-state index in [1.54, 1.807) is 25.1 Å². The summed E-state index contributed by atoms with van der Waals surface area (Å²) in [6, 6.07) is 4.86. The fourth-order valence-corrected chi connectivity index (χ4v) is 4.47. The van der Waals surface area contributed by atoms with Crippen molar-refractivity contribution < 1.29 is 28.9 Å². The number of ether oxygens (including phenoxy) is 3. The first kappa shape index (κ1) is 19.7. The molecule has 1 aromatic carbocycles. The molecule has 1 saturated heterocycles. The van der Waals surface area contributed by atoms with E-state index in [2.05, 4.69) is 0 Å². The van der Waals surface area contributed by atoms with Crippen LogP contribution in [0.3, 0.4) is 0 Å². The molecule has 3 rings (SSSR count). The molecule has 0 aliphatic carbocycles. The van der Waals surface area contributed by atoms with Gasteiger partial charge in [-0.15, -0.1) is 0 Å². The van der Waals surface area contributed by atoms with Gasteiger partial charge >= 0.3 is 11.9 Å². The first-order valence-electron chi connectivity index (χ1n) is 9.55. The molecular weight excluding hydrogens is 348 g/mol. The smallest absolute Gasteiger partial charge is 0.335 e. The summed E-state index contributed by atoms with van der Waals surface area (Å²) in [5, 5.41) is 9.35. The van der Waals surface area contributed by atoms with Gasteiger partial charge in [-0.2, -0.15) is 0 Å². The molecule has 2 heterocycles. The lowest BCUT2D eigenvalue weighted by molar-refractivity contribution is -0.214. The summed E-state index contributed by atoms with van der Waals surface area (Å²) in [6.45, 7) is 9.99. The number of carbonyl (C=O) groups excluding carboxylic acids is 1. The highest BCUT2D eigenvalue weighted by Gasteiger charge is 2.57. The van der Waals surface area contributed by atoms with Crippen LogP contribution in [0, 0.1) is 11.3 Å². The van der Waals surface area contributed by atoms with Crippen LogP contribution in [0.2, 0.25) is 0 Å². The van der Waals surface area contributed by atoms with E-state index in [1.807, 2.05) is 27.7 Å². The highest BCUT2D eigenvalue weighted by molar-refractivity contribution is 5.88. The number of carboxylic acid groups (broad SMARTS) is 1. The molecule has 0 aromatic heterocycles. The van der Waals surface area contributed by atoms with Gasteiger partial charge in [0.05, 0.1) is 29.8 Å². The fourth-order valence-electron chi connectivity index (χ4n) is 4.47. The number of rotatable bonds is 4. The van der Waals surface area contributed by atoms with Gasteiger partial charge in [0, 0.05) is 11.5 Å². The summed E-state index contributed by atoms with van der Waals surface area (Å²) in [4.78, 5) is 24.2. The summed E-state index contributed by atoms with van der Waals surface area (Å²) < 4.78 is 18.0. The van der Waals surface area contributed by atoms with Gasteiger partial charge in [-0.1, -0.05) is 6.92 Å². The highest BCUT2D eigenvalue weighted by atomic mass is 16.5. The lowest BCUT2D eigenvalue weighted by Gasteiger charge is -2.54. The Bertz CT molecular complexity index is 755. The number of carbonyl (C=O) groups is 2. The average molecular weight is 376 g/mol. The van der Waals surface area contributed by atoms with Crippen LogP contribution in [0.15, 0.2) is 18.2 Å². The Kier molecular flexibility index (Phi) is 4.97. The van der Waals surface area contributed by atoms with Crippen LogP contribution in [0.4, 0.5) is 0 Å². The first-order valence-corrected chi connectivity index (χ1v) is 9.55. The standard InChI is InChI=1S/C21H28O6/c1-6-21(19(24)25-7-2)11-15-17(26-12(21)3)14-10-13(18(22)23)8-9-16(14)27-20(15,4)5/h8-10,12,15,17H,6-7,11H2,1-5H3,(H,22,23)/t12-,15-,17+,21-/m0/s1. The van der Waals surface area contributed by atoms with Crippen molar-refractivity contribution in [2.24, 2.45) is 11.3 Å². The van der Waals surface area contributed by atoms with E-state index in [1.165, 1.54) is 0 Å². The summed E-state index contributed by atoms with van der Waals surface area (Å²) in [6.07, 6.45) is 0.497. The quantitative estimate of drug-likeness (QED) is 0.801. The van der Waals surface area contributed by atoms with Crippen molar-refractivity contribution in [2.45, 2.75) is 65.3 Å². The van der Waals surface area contributed by atoms with Gasteiger partial charge in [0.25, 0.3) is 0 Å². The number of fused-ring (bicyclic) bond motifs is 3. The molecule has 6 nitrogen and oxygen atoms in total. The lowest BCUT2D eigenvalue weighted by Crippen LogP contribution is -2.57. The third-order valence-electron chi connectivity index (χ3n) is 6.22. The first-order chi connectivity index (χ1) is 12.7. The van der Waals surface area contributed by atoms with Crippen molar-refractivity contribution in [3.63, 3.8) is 0 Å². The van der Waals surface area contributed by atoms with E-state index in [0.29, 0.717) is 25.2 Å². The van der Waals surface area contributed by atoms with Crippen LogP contribution < -0.4 is 4.74 Å². The maximum Gasteiger partial charge on any atom is 0.335 e. The number of hydrogen-bond acceptors (Lipinski definition) is 5. The maximum absolute atomic E-state index is 12.8. The zero-order valence-corrected chi connectivity index (χ0v) is 16.6. The molecule has 0 spiro atoms. The Morgan fingerprint density at radius 1 is 1.30 bits per heavy atom. The molecule has 27 heavy (non-hydrogen) atoms. The molecule has 1 aromatic rings. The van der Waals surface area contributed by atoms with Crippen molar-refractivity contribution in [3.8, 4) is 5.75 Å². The second kappa shape index (κ2) is 6.82. The molecule has 6 heteroatoms. The molecule has 4 atom stereocenters. The Labute approximate surface area is 159 Å². The summed E-state index contributed by atoms with van der Waals surface area (Å²) in [5.41, 5.74) is -0.362. The molecule has 2 aliphatic rings. The summed E-state index contributed by atoms with van der Waals surface area (Å²) in [7, 11) is 0. The number of carboxylic acids is 1. The van der Waals surface area contributed by atoms with Crippen LogP contribution >= 0.6 is 0 Å². The Morgan fingerprint density at radius 3 is 2.59 bits per heavy atom. The van der Waals surface area contributed by atoms with E-state index >= 15 is 0 Å². The lowest BCUT2D eigenvalue weighted by atomic mass is 9.64. The van der Waals surface area contributed by atoms with Gasteiger partial charge in [0.2, 0.25) is 0 Å². The van der Waals surface area contributed by atoms with E-state index in [0.717, 1.165) is 5.56 Å². The molecule has 2 aliphatic heterocycles. The normalized spacial score (nSPS) is 31.2. The molecular formula is C21H28O6. The van der Waals surface area contributed by atoms with Crippen molar-refractivity contribution in [1.29, 1.82) is 0 Å². The molecule has 0 radical (unpaired) electrons. The molecule has 0 unspecified atom stereocenters. The average Bonchev–Trinajstić information content (AvgIpc) is 2.61. The van der Waals surface area contributed by atoms with Gasteiger partial charge in [0.15, 0.2) is 0 Å². The van der Waals surface area contributed by atoms with Crippen LogP contribution in [-0.4, -0.2) is 35.4 Å². The van der Waals surface area contributed by atoms with E-state index in [4.69, 9.17) is 14.2 Å². The maximum atomic E-state index is 12.8. The molecule has 0 saturated carbocycles. The highest BCUT2D eigenvalue weighted by Crippen LogP contribution is 2.56. The second-order valence-corrected chi connectivity index (χ2v) is 8.00. The number of esters is 1. The van der Waals surface area contributed by atoms with Crippen molar-refractivity contribution in [2.75, 3.05) is 6.61 Å². The summed E-state index contributed by atoms with van der Waals surface area (Å²) >= 11 is 0. The van der Waals surface area contributed by atoms with Gasteiger partial charge in [-0.05, 0) is 58.7 Å². The summed E-state index contributed by atoms with van der Waals surface area (Å²) in [5.74, 6) is -0.690. The number of aromatic carboxylic acids is 1. The van der Waals surface area contributed by atoms with Gasteiger partial charge in [-0.25, -0.2) is 4.79 Å². The van der Waals surface area contributed by atoms with E-state index in [9.17, 15) is 14.7 Å². The monoisotopic (exact) mass is 376 g/mol. The molecule has 1 N–H and O–H groups in total. The predicted octanol–water partition coefficient (Wildman–Crippen LogP) is 3.98. The van der Waals surface area contributed by atoms with Crippen LogP contribution in [0.5, 0.6) is 5.75 Å². The topological polar surface area (TPSA) is 82.1 Å². The molecule has 0 bridgehead atoms. The Morgan fingerprint density at radius 2 is 2.00 bits per heavy atom. The molecule has 1 fully saturated rings. The zero-order chi connectivity index (χ0) is 20.0. The van der Waals surface area contributed by atoms with Crippen molar-refractivity contribution >= 4 is 11.9 Å². The SMILES string of the molecule is CCOC(=O)[C@@]1(CC)C[C@H]2[C@H](O[C@H]1C)c1cc(C(=O)O)ccc1OC2(C)C. The zero-order valence-electron chi connectivity index (χ0n) is 16.6. The minimum absolute atomic E-state index is 0.102. The molecule has 0 amide bonds. The van der Waals surface area contributed by atoms with Gasteiger partial charge in [0.1, 0.15) is 11.4 Å². The number of benzene rings is 1. The van der Waals surface area contributed by atoms with E-state index in [-0.39, 0.29) is 29.7 Å². The Balaban J connectivity index is 2.05. The Hall–Kier alpha value is -2.08. The van der Waals surface area contributed by atoms with Crippen molar-refractivity contribution in [3.05, 3.63) is 29.3 Å².